The predicted octanol–water partition coefficient (Wildman–Crippen LogP) is 2.63. The van der Waals surface area contributed by atoms with Crippen molar-refractivity contribution in [3.8, 4) is 0 Å². The van der Waals surface area contributed by atoms with Gasteiger partial charge in [0.2, 0.25) is 0 Å². The van der Waals surface area contributed by atoms with E-state index in [4.69, 9.17) is 5.73 Å². The minimum atomic E-state index is 0.813. The van der Waals surface area contributed by atoms with E-state index in [-0.39, 0.29) is 0 Å². The molecule has 0 aliphatic carbocycles. The van der Waals surface area contributed by atoms with E-state index in [2.05, 4.69) is 35.0 Å². The summed E-state index contributed by atoms with van der Waals surface area (Å²) in [5, 5.41) is 0. The molecule has 3 heteroatoms. The minimum absolute atomic E-state index is 0.813. The third kappa shape index (κ3) is 3.58. The maximum atomic E-state index is 5.72. The number of nitrogens with zero attached hydrogens (tertiary/aromatic N) is 2. The van der Waals surface area contributed by atoms with Crippen LogP contribution in [0.3, 0.4) is 0 Å². The summed E-state index contributed by atoms with van der Waals surface area (Å²) in [4.78, 5) is 5.01. The lowest BCUT2D eigenvalue weighted by atomic mass is 9.94. The molecule has 0 amide bonds. The highest BCUT2D eigenvalue weighted by Crippen LogP contribution is 2.28. The Bertz CT molecular complexity index is 470. The van der Waals surface area contributed by atoms with E-state index in [1.54, 1.807) is 0 Å². The van der Waals surface area contributed by atoms with Crippen LogP contribution in [0.5, 0.6) is 0 Å². The Hall–Kier alpha value is -1.06. The number of benzene rings is 1. The molecule has 2 aliphatic rings. The highest BCUT2D eigenvalue weighted by molar-refractivity contribution is 5.56. The lowest BCUT2D eigenvalue weighted by molar-refractivity contribution is 0.163. The second-order valence-corrected chi connectivity index (χ2v) is 6.81. The number of anilines is 1. The van der Waals surface area contributed by atoms with Crippen molar-refractivity contribution in [1.29, 1.82) is 0 Å². The molecule has 2 heterocycles. The van der Waals surface area contributed by atoms with Crippen LogP contribution in [0.25, 0.3) is 0 Å². The zero-order valence-electron chi connectivity index (χ0n) is 13.4. The molecule has 116 valence electrons. The Morgan fingerprint density at radius 3 is 3.00 bits per heavy atom. The molecule has 2 aliphatic heterocycles. The largest absolute Gasteiger partial charge is 0.374 e. The molecule has 0 radical (unpaired) electrons. The van der Waals surface area contributed by atoms with E-state index in [0.29, 0.717) is 0 Å². The maximum absolute atomic E-state index is 5.72. The third-order valence-electron chi connectivity index (χ3n) is 5.08. The molecule has 3 nitrogen and oxygen atoms in total. The van der Waals surface area contributed by atoms with Crippen LogP contribution in [0.1, 0.15) is 36.8 Å². The summed E-state index contributed by atoms with van der Waals surface area (Å²) in [6.45, 7) is 5.62. The first kappa shape index (κ1) is 14.9. The summed E-state index contributed by atoms with van der Waals surface area (Å²) in [5.41, 5.74) is 10.2. The Morgan fingerprint density at radius 1 is 1.24 bits per heavy atom. The average Bonchev–Trinajstić information content (AvgIpc) is 2.48. The molecule has 0 spiro atoms. The number of nitrogens with two attached hydrogens (primary N) is 1. The van der Waals surface area contributed by atoms with Crippen LogP contribution in [0.2, 0.25) is 0 Å². The fourth-order valence-corrected chi connectivity index (χ4v) is 3.96. The fourth-order valence-electron chi connectivity index (χ4n) is 3.96. The van der Waals surface area contributed by atoms with E-state index >= 15 is 0 Å². The normalized spacial score (nSPS) is 23.1. The van der Waals surface area contributed by atoms with Gasteiger partial charge < -0.3 is 10.6 Å². The SMILES string of the molecule is CN1CCCc2cc(CN3CCCC(CCN)C3)ccc21. The average molecular weight is 287 g/mol. The van der Waals surface area contributed by atoms with Gasteiger partial charge in [-0.15, -0.1) is 0 Å². The topological polar surface area (TPSA) is 32.5 Å². The molecule has 1 unspecified atom stereocenters. The molecule has 3 rings (SSSR count). The van der Waals surface area contributed by atoms with Gasteiger partial charge >= 0.3 is 0 Å². The van der Waals surface area contributed by atoms with Gasteiger partial charge in [-0.2, -0.15) is 0 Å². The molecule has 21 heavy (non-hydrogen) atoms. The fraction of sp³-hybridized carbons (Fsp3) is 0.667. The Balaban J connectivity index is 1.65. The van der Waals surface area contributed by atoms with Gasteiger partial charge in [-0.1, -0.05) is 12.1 Å². The van der Waals surface area contributed by atoms with Crippen LogP contribution >= 0.6 is 0 Å². The molecule has 1 atom stereocenters. The van der Waals surface area contributed by atoms with E-state index in [1.165, 1.54) is 68.6 Å². The van der Waals surface area contributed by atoms with E-state index < -0.39 is 0 Å². The zero-order valence-corrected chi connectivity index (χ0v) is 13.4. The van der Waals surface area contributed by atoms with Crippen molar-refractivity contribution in [2.75, 3.05) is 38.1 Å². The molecule has 1 aromatic rings. The molecule has 0 aromatic heterocycles. The zero-order chi connectivity index (χ0) is 14.7. The lowest BCUT2D eigenvalue weighted by Gasteiger charge is -2.33. The maximum Gasteiger partial charge on any atom is 0.0396 e. The third-order valence-corrected chi connectivity index (χ3v) is 5.08. The summed E-state index contributed by atoms with van der Waals surface area (Å²) in [7, 11) is 2.21. The standard InChI is InChI=1S/C18H29N3/c1-20-10-3-5-17-12-16(6-7-18(17)20)14-21-11-2-4-15(13-21)8-9-19/h6-7,12,15H,2-5,8-11,13-14,19H2,1H3. The van der Waals surface area contributed by atoms with Crippen molar-refractivity contribution in [2.24, 2.45) is 11.7 Å². The second kappa shape index (κ2) is 6.80. The molecule has 1 aromatic carbocycles. The Kier molecular flexibility index (Phi) is 4.81. The van der Waals surface area contributed by atoms with Crippen LogP contribution in [0.4, 0.5) is 5.69 Å². The van der Waals surface area contributed by atoms with Crippen molar-refractivity contribution in [1.82, 2.24) is 4.90 Å². The molecular weight excluding hydrogens is 258 g/mol. The van der Waals surface area contributed by atoms with Gasteiger partial charge in [-0.3, -0.25) is 4.90 Å². The number of rotatable bonds is 4. The van der Waals surface area contributed by atoms with Gasteiger partial charge in [0, 0.05) is 32.4 Å². The van der Waals surface area contributed by atoms with E-state index in [0.717, 1.165) is 19.0 Å². The lowest BCUT2D eigenvalue weighted by Crippen LogP contribution is -2.35. The van der Waals surface area contributed by atoms with Crippen LogP contribution in [-0.4, -0.2) is 38.1 Å². The first-order valence-electron chi connectivity index (χ1n) is 8.51. The number of likely N-dealkylation sites (tertiary alicyclic amines) is 1. The monoisotopic (exact) mass is 287 g/mol. The first-order valence-corrected chi connectivity index (χ1v) is 8.51. The van der Waals surface area contributed by atoms with Gasteiger partial charge in [0.25, 0.3) is 0 Å². The molecule has 2 N–H and O–H groups in total. The van der Waals surface area contributed by atoms with Crippen LogP contribution in [0.15, 0.2) is 18.2 Å². The first-order chi connectivity index (χ1) is 10.3. The predicted molar refractivity (Wildman–Crippen MR) is 89.7 cm³/mol. The minimum Gasteiger partial charge on any atom is -0.374 e. The summed E-state index contributed by atoms with van der Waals surface area (Å²) in [6.07, 6.45) is 6.41. The highest BCUT2D eigenvalue weighted by atomic mass is 15.1. The van der Waals surface area contributed by atoms with Gasteiger partial charge in [0.15, 0.2) is 0 Å². The molecule has 1 fully saturated rings. The summed E-state index contributed by atoms with van der Waals surface area (Å²) < 4.78 is 0. The van der Waals surface area contributed by atoms with E-state index in [1.807, 2.05) is 0 Å². The molecule has 0 bridgehead atoms. The van der Waals surface area contributed by atoms with Gasteiger partial charge in [-0.05, 0) is 68.3 Å². The smallest absolute Gasteiger partial charge is 0.0396 e. The van der Waals surface area contributed by atoms with Crippen molar-refractivity contribution in [2.45, 2.75) is 38.6 Å². The van der Waals surface area contributed by atoms with Crippen LogP contribution < -0.4 is 10.6 Å². The van der Waals surface area contributed by atoms with Crippen molar-refractivity contribution >= 4 is 5.69 Å². The summed E-state index contributed by atoms with van der Waals surface area (Å²) in [6, 6.07) is 7.09. The Labute approximate surface area is 129 Å². The van der Waals surface area contributed by atoms with Gasteiger partial charge in [0.1, 0.15) is 0 Å². The molecular formula is C18H29N3. The number of hydrogen-bond donors (Lipinski definition) is 1. The quantitative estimate of drug-likeness (QED) is 0.924. The molecule has 1 saturated heterocycles. The number of aryl methyl sites for hydroxylation is 1. The van der Waals surface area contributed by atoms with Gasteiger partial charge in [0.05, 0.1) is 0 Å². The van der Waals surface area contributed by atoms with Crippen molar-refractivity contribution in [3.05, 3.63) is 29.3 Å². The number of piperidine rings is 1. The number of hydrogen-bond acceptors (Lipinski definition) is 3. The van der Waals surface area contributed by atoms with Crippen LogP contribution in [0, 0.1) is 5.92 Å². The van der Waals surface area contributed by atoms with E-state index in [9.17, 15) is 0 Å². The van der Waals surface area contributed by atoms with Gasteiger partial charge in [-0.25, -0.2) is 0 Å². The summed E-state index contributed by atoms with van der Waals surface area (Å²) in [5.74, 6) is 0.813. The van der Waals surface area contributed by atoms with Crippen LogP contribution in [-0.2, 0) is 13.0 Å². The van der Waals surface area contributed by atoms with Crippen molar-refractivity contribution < 1.29 is 0 Å². The number of fused-ring (bicyclic) bond motifs is 1. The highest BCUT2D eigenvalue weighted by Gasteiger charge is 2.20. The van der Waals surface area contributed by atoms with Crippen molar-refractivity contribution in [3.63, 3.8) is 0 Å². The molecule has 0 saturated carbocycles. The summed E-state index contributed by atoms with van der Waals surface area (Å²) >= 11 is 0. The Morgan fingerprint density at radius 2 is 2.14 bits per heavy atom. The second-order valence-electron chi connectivity index (χ2n) is 6.81.